The van der Waals surface area contributed by atoms with Gasteiger partial charge in [-0.05, 0) is 168 Å². The summed E-state index contributed by atoms with van der Waals surface area (Å²) in [6.07, 6.45) is -32.9. The maximum atomic E-state index is 13.8. The predicted molar refractivity (Wildman–Crippen MR) is 370 cm³/mol. The molecule has 0 saturated carbocycles. The number of ketones is 4. The van der Waals surface area contributed by atoms with Gasteiger partial charge in [-0.2, -0.15) is 0 Å². The Hall–Kier alpha value is -6.20. The molecular formula is C78H112N4O12. The van der Waals surface area contributed by atoms with Gasteiger partial charge >= 0.3 is 0 Å². The number of nitrogens with zero attached hydrogens (tertiary/aromatic N) is 4. The van der Waals surface area contributed by atoms with E-state index < -0.39 is 236 Å². The number of Topliss-reactive ketones (excluding diaryl/α,β-unsaturated/α-hetero) is 4. The molecule has 516 valence electrons. The Morgan fingerprint density at radius 3 is 1.16 bits per heavy atom. The highest BCUT2D eigenvalue weighted by Crippen LogP contribution is 2.48. The number of benzene rings is 4. The van der Waals surface area contributed by atoms with E-state index in [1.54, 1.807) is 13.8 Å². The van der Waals surface area contributed by atoms with Gasteiger partial charge in [0.2, 0.25) is 0 Å². The smallest absolute Gasteiger partial charge is 0.161 e. The third-order valence-electron chi connectivity index (χ3n) is 15.9. The molecule has 0 amide bonds. The second-order valence-corrected chi connectivity index (χ2v) is 22.9. The van der Waals surface area contributed by atoms with E-state index in [4.69, 9.17) is 96.8 Å². The lowest BCUT2D eigenvalue weighted by atomic mass is 9.79. The first kappa shape index (κ1) is 33.8. The van der Waals surface area contributed by atoms with Crippen LogP contribution in [-0.4, -0.2) is 152 Å². The number of hydrogen-bond acceptors (Lipinski definition) is 16. The maximum absolute atomic E-state index is 13.8. The van der Waals surface area contributed by atoms with Crippen molar-refractivity contribution in [2.24, 2.45) is 47.2 Å². The van der Waals surface area contributed by atoms with Crippen LogP contribution in [0, 0.1) is 47.2 Å². The summed E-state index contributed by atoms with van der Waals surface area (Å²) >= 11 is 0. The van der Waals surface area contributed by atoms with E-state index in [0.29, 0.717) is 21.6 Å². The van der Waals surface area contributed by atoms with Gasteiger partial charge in [0.1, 0.15) is 23.1 Å². The largest absolute Gasteiger partial charge is 0.493 e. The topological polar surface area (TPSA) is 155 Å². The molecule has 94 heavy (non-hydrogen) atoms. The molecule has 16 nitrogen and oxygen atoms in total. The fraction of sp³-hybridized carbons (Fsp3) is 0.641. The summed E-state index contributed by atoms with van der Waals surface area (Å²) in [4.78, 5) is 55.6. The van der Waals surface area contributed by atoms with Gasteiger partial charge < -0.3 is 37.9 Å². The van der Waals surface area contributed by atoms with Crippen molar-refractivity contribution in [1.29, 1.82) is 0 Å². The van der Waals surface area contributed by atoms with E-state index >= 15 is 0 Å². The Morgan fingerprint density at radius 1 is 0.447 bits per heavy atom. The molecule has 8 heterocycles. The summed E-state index contributed by atoms with van der Waals surface area (Å²) in [7, 11) is 10.4. The van der Waals surface area contributed by atoms with Crippen LogP contribution in [0.5, 0.6) is 46.0 Å². The van der Waals surface area contributed by atoms with Crippen molar-refractivity contribution in [2.75, 3.05) is 109 Å². The van der Waals surface area contributed by atoms with Crippen LogP contribution in [0.2, 0.25) is 0 Å². The molecule has 8 aliphatic rings. The summed E-state index contributed by atoms with van der Waals surface area (Å²) < 4.78 is 416. The van der Waals surface area contributed by atoms with Gasteiger partial charge in [0.05, 0.1) is 62.4 Å². The molecular weight excluding hydrogens is 1180 g/mol. The van der Waals surface area contributed by atoms with Crippen molar-refractivity contribution in [3.05, 3.63) is 93.0 Å². The molecule has 4 saturated heterocycles. The summed E-state index contributed by atoms with van der Waals surface area (Å²) in [6, 6.07) is -0.718. The first-order chi connectivity index (χ1) is 61.7. The number of rotatable bonds is 18. The second kappa shape index (κ2) is 32.7. The minimum absolute atomic E-state index is 0.000460. The zero-order valence-corrected chi connectivity index (χ0v) is 55.1. The van der Waals surface area contributed by atoms with Crippen molar-refractivity contribution >= 4 is 23.1 Å². The van der Waals surface area contributed by atoms with E-state index in [9.17, 15) is 20.5 Å². The molecule has 0 spiro atoms. The minimum Gasteiger partial charge on any atom is -0.493 e. The van der Waals surface area contributed by atoms with Crippen LogP contribution >= 0.6 is 0 Å². The van der Waals surface area contributed by atoms with Crippen LogP contribution in [0.25, 0.3) is 0 Å². The van der Waals surface area contributed by atoms with Crippen LogP contribution in [0.1, 0.15) is 248 Å². The van der Waals surface area contributed by atoms with E-state index in [1.807, 2.05) is 13.8 Å². The van der Waals surface area contributed by atoms with Crippen molar-refractivity contribution in [3.8, 4) is 46.0 Å². The fourth-order valence-corrected chi connectivity index (χ4v) is 11.2. The molecule has 0 aliphatic carbocycles. The minimum atomic E-state index is -4.05. The third kappa shape index (κ3) is 16.4. The number of aryl methyl sites for hydroxylation is 4. The Bertz CT molecular complexity index is 5380. The van der Waals surface area contributed by atoms with Crippen LogP contribution in [0.3, 0.4) is 0 Å². The lowest BCUT2D eigenvalue weighted by Crippen LogP contribution is -2.46. The van der Waals surface area contributed by atoms with Crippen LogP contribution in [0.4, 0.5) is 0 Å². The number of fused-ring (bicyclic) bond motifs is 12. The highest BCUT2D eigenvalue weighted by Gasteiger charge is 2.43. The van der Waals surface area contributed by atoms with Gasteiger partial charge in [0.15, 0.2) is 46.0 Å². The highest BCUT2D eigenvalue weighted by atomic mass is 16.5. The number of piperidine rings is 4. The van der Waals surface area contributed by atoms with Gasteiger partial charge in [-0.1, -0.05) is 68.0 Å². The Balaban J connectivity index is 0.000000207. The first-order valence-electron chi connectivity index (χ1n) is 52.1. The Kier molecular flexibility index (Phi) is 11.8. The molecule has 16 heteroatoms. The Morgan fingerprint density at radius 2 is 0.777 bits per heavy atom. The normalized spacial score (nSPS) is 43.7. The first-order valence-corrected chi connectivity index (χ1v) is 30.1. The van der Waals surface area contributed by atoms with Crippen molar-refractivity contribution in [3.63, 3.8) is 0 Å². The average Bonchev–Trinajstić information content (AvgIpc) is 0.823. The Labute approximate surface area is 624 Å². The third-order valence-corrected chi connectivity index (χ3v) is 15.9. The molecule has 12 rings (SSSR count). The lowest BCUT2D eigenvalue weighted by molar-refractivity contribution is -0.130. The molecule has 0 aromatic heterocycles. The number of methoxy groups -OCH3 is 8. The van der Waals surface area contributed by atoms with Gasteiger partial charge in [-0.25, -0.2) is 0 Å². The zero-order chi connectivity index (χ0) is 107. The molecule has 10 atom stereocenters. The summed E-state index contributed by atoms with van der Waals surface area (Å²) in [5, 5.41) is 0. The van der Waals surface area contributed by atoms with Gasteiger partial charge in [-0.15, -0.1) is 0 Å². The van der Waals surface area contributed by atoms with Crippen molar-refractivity contribution in [2.45, 2.75) is 169 Å². The number of hydrogen-bond donors (Lipinski definition) is 0. The quantitative estimate of drug-likeness (QED) is 0.0926. The predicted octanol–water partition coefficient (Wildman–Crippen LogP) is 13.7. The van der Waals surface area contributed by atoms with E-state index in [1.165, 1.54) is 93.3 Å². The maximum Gasteiger partial charge on any atom is 0.161 e. The fourth-order valence-electron chi connectivity index (χ4n) is 11.2. The van der Waals surface area contributed by atoms with E-state index in [2.05, 4.69) is 0 Å². The second-order valence-electron chi connectivity index (χ2n) is 22.9. The van der Waals surface area contributed by atoms with Gasteiger partial charge in [-0.3, -0.25) is 38.8 Å². The van der Waals surface area contributed by atoms with E-state index in [-0.39, 0.29) is 109 Å². The van der Waals surface area contributed by atoms with Crippen LogP contribution in [0.15, 0.2) is 48.5 Å². The summed E-state index contributed by atoms with van der Waals surface area (Å²) in [6.45, 7) is -16.9. The molecule has 4 fully saturated rings. The van der Waals surface area contributed by atoms with Crippen LogP contribution < -0.4 is 37.9 Å². The molecule has 0 N–H and O–H groups in total. The number of ether oxygens (including phenoxy) is 8. The summed E-state index contributed by atoms with van der Waals surface area (Å²) in [5.74, 6) is -20.7. The van der Waals surface area contributed by atoms with Crippen LogP contribution in [-0.2, 0) is 44.7 Å². The highest BCUT2D eigenvalue weighted by molar-refractivity contribution is 5.85. The molecule has 4 aromatic rings. The number of carbonyl (C=O) groups is 4. The summed E-state index contributed by atoms with van der Waals surface area (Å²) in [5.41, 5.74) is -2.22. The molecule has 4 aromatic carbocycles. The monoisotopic (exact) mass is 1340 g/mol. The zero-order valence-electron chi connectivity index (χ0n) is 99.1. The molecule has 0 radical (unpaired) electrons. The van der Waals surface area contributed by atoms with Gasteiger partial charge in [0, 0.05) is 180 Å². The van der Waals surface area contributed by atoms with Crippen molar-refractivity contribution < 1.29 is 117 Å². The SMILES string of the molecule is [2H]C([2H])([2H])C([2H])(C([2H])([2H])C)C([2H])([2H])C1([2H])CN2C([2H])([2H])C([2H])([2H])c3cc(OC)c(OC)cc3C2([2H])C([2H])([2H])C1=O.[2H]C1(CC(C)C)CN2C([2H])([2H])C([2H])([2H])c3cc(OC)c(OC)cc3C2([2H])C([2H])([2H])C1=O.[2H]C12CC(=O)C(C([2H])([2H])C([2H])(C([2H])([2H])[2H])C([2H])([2H])C)CN1C([2H])([2H])C([2H])([2H])c1cc(OC)c(OC)cc12.[2H]C12CC(=O)C(CC(C)C)C([2H])([2H])N1C([2H])([2H])C([2H])([2H])c1cc(OC)c(OC)cc12. The average molecular weight is 1340 g/mol. The van der Waals surface area contributed by atoms with Crippen molar-refractivity contribution in [1.82, 2.24) is 19.6 Å². The molecule has 8 aliphatic heterocycles. The lowest BCUT2D eigenvalue weighted by Gasteiger charge is -2.43. The van der Waals surface area contributed by atoms with Gasteiger partial charge in [0.25, 0.3) is 0 Å². The molecule has 0 bridgehead atoms. The standard InChI is InChI=1S/2C20H29NO3.2C19H27NO3/c2*1-5-13(2)8-15-12-21-7-6-14-9-19(23-3)20(24-4)10-16(14)17(21)11-18(15)22;2*1-12(2)7-14-11-20-6-5-13-8-18(22-3)19(23-4)9-15(13)16(20)10-17(14)21/h2*9-10,13,15,17H,5-8,11-12H2,1-4H3;2*8-9,12,14,16H,5-7,10-11H2,1-4H3/i2D3,5D2,6D2,7D2,8D2,11D2,13D,15D,17D;2D3,5D2,6D2,7D2,8D2,13D,17D;5D2,6D2,10D2,14D,16D;5D2,6D2,11D2,16D. The number of carbonyl (C=O) groups excluding carboxylic acids is 4. The molecule has 10 unspecified atom stereocenters. The van der Waals surface area contributed by atoms with E-state index in [0.717, 1.165) is 19.1 Å².